The van der Waals surface area contributed by atoms with E-state index in [0.29, 0.717) is 16.9 Å². The third kappa shape index (κ3) is 2.39. The molecule has 0 radical (unpaired) electrons. The number of benzene rings is 1. The van der Waals surface area contributed by atoms with Crippen LogP contribution in [0.5, 0.6) is 0 Å². The van der Waals surface area contributed by atoms with E-state index in [1.54, 1.807) is 0 Å². The van der Waals surface area contributed by atoms with Gasteiger partial charge in [0, 0.05) is 11.6 Å². The minimum Gasteiger partial charge on any atom is -0.369 e. The largest absolute Gasteiger partial charge is 0.369 e. The van der Waals surface area contributed by atoms with Crippen molar-refractivity contribution in [3.63, 3.8) is 0 Å². The summed E-state index contributed by atoms with van der Waals surface area (Å²) in [5.74, 6) is 1.22. The van der Waals surface area contributed by atoms with Gasteiger partial charge in [-0.3, -0.25) is 0 Å². The lowest BCUT2D eigenvalue weighted by Gasteiger charge is -2.14. The van der Waals surface area contributed by atoms with Crippen LogP contribution in [-0.4, -0.2) is 9.55 Å². The lowest BCUT2D eigenvalue weighted by atomic mass is 10.0. The Morgan fingerprint density at radius 2 is 2.06 bits per heavy atom. The molecule has 0 fully saturated rings. The van der Waals surface area contributed by atoms with Crippen molar-refractivity contribution in [2.75, 3.05) is 5.73 Å². The zero-order valence-corrected chi connectivity index (χ0v) is 11.0. The lowest BCUT2D eigenvalue weighted by Crippen LogP contribution is -2.11. The van der Waals surface area contributed by atoms with Gasteiger partial charge in [0.15, 0.2) is 0 Å². The Hall–Kier alpha value is -1.22. The van der Waals surface area contributed by atoms with Gasteiger partial charge >= 0.3 is 0 Å². The third-order valence-electron chi connectivity index (χ3n) is 3.34. The number of imidazole rings is 1. The molecule has 1 aromatic carbocycles. The van der Waals surface area contributed by atoms with Crippen molar-refractivity contribution < 1.29 is 0 Å². The van der Waals surface area contributed by atoms with Crippen LogP contribution in [0.25, 0.3) is 11.0 Å². The van der Waals surface area contributed by atoms with E-state index < -0.39 is 0 Å². The lowest BCUT2D eigenvalue weighted by molar-refractivity contribution is 0.427. The molecule has 2 N–H and O–H groups in total. The van der Waals surface area contributed by atoms with Crippen molar-refractivity contribution in [2.45, 2.75) is 33.2 Å². The molecular weight excluding hydrogens is 234 g/mol. The maximum Gasteiger partial charge on any atom is 0.201 e. The maximum atomic E-state index is 5.97. The smallest absolute Gasteiger partial charge is 0.201 e. The highest BCUT2D eigenvalue weighted by molar-refractivity contribution is 6.31. The van der Waals surface area contributed by atoms with Crippen LogP contribution in [-0.2, 0) is 6.54 Å². The second-order valence-electron chi connectivity index (χ2n) is 4.40. The van der Waals surface area contributed by atoms with Gasteiger partial charge in [0.25, 0.3) is 0 Å². The molecule has 2 rings (SSSR count). The van der Waals surface area contributed by atoms with Crippen LogP contribution in [0, 0.1) is 5.92 Å². The first-order chi connectivity index (χ1) is 8.15. The number of nitrogen functional groups attached to an aromatic ring is 1. The quantitative estimate of drug-likeness (QED) is 0.900. The van der Waals surface area contributed by atoms with Crippen molar-refractivity contribution in [1.82, 2.24) is 9.55 Å². The van der Waals surface area contributed by atoms with Gasteiger partial charge in [0.2, 0.25) is 5.95 Å². The first-order valence-electron chi connectivity index (χ1n) is 6.07. The van der Waals surface area contributed by atoms with E-state index in [4.69, 9.17) is 17.3 Å². The van der Waals surface area contributed by atoms with E-state index in [-0.39, 0.29) is 0 Å². The van der Waals surface area contributed by atoms with Crippen molar-refractivity contribution in [3.8, 4) is 0 Å². The summed E-state index contributed by atoms with van der Waals surface area (Å²) in [6.45, 7) is 5.34. The van der Waals surface area contributed by atoms with Crippen LogP contribution in [0.15, 0.2) is 18.2 Å². The number of hydrogen-bond donors (Lipinski definition) is 1. The first kappa shape index (κ1) is 12.2. The molecule has 0 saturated carbocycles. The average molecular weight is 252 g/mol. The van der Waals surface area contributed by atoms with Gasteiger partial charge in [0.1, 0.15) is 0 Å². The van der Waals surface area contributed by atoms with Crippen LogP contribution < -0.4 is 5.73 Å². The summed E-state index contributed by atoms with van der Waals surface area (Å²) < 4.78 is 2.09. The predicted octanol–water partition coefficient (Wildman–Crippen LogP) is 3.71. The Morgan fingerprint density at radius 1 is 1.35 bits per heavy atom. The molecule has 0 spiro atoms. The summed E-state index contributed by atoms with van der Waals surface area (Å²) in [5.41, 5.74) is 7.91. The summed E-state index contributed by atoms with van der Waals surface area (Å²) in [4.78, 5) is 4.35. The Morgan fingerprint density at radius 3 is 2.71 bits per heavy atom. The number of aromatic nitrogens is 2. The van der Waals surface area contributed by atoms with Gasteiger partial charge in [-0.25, -0.2) is 4.98 Å². The zero-order chi connectivity index (χ0) is 12.4. The Bertz CT molecular complexity index is 515. The highest BCUT2D eigenvalue weighted by Crippen LogP contribution is 2.24. The minimum absolute atomic E-state index is 0.578. The van der Waals surface area contributed by atoms with Crippen LogP contribution >= 0.6 is 11.6 Å². The van der Waals surface area contributed by atoms with E-state index >= 15 is 0 Å². The summed E-state index contributed by atoms with van der Waals surface area (Å²) in [6, 6.07) is 5.73. The molecule has 0 aliphatic carbocycles. The van der Waals surface area contributed by atoms with E-state index in [1.165, 1.54) is 0 Å². The van der Waals surface area contributed by atoms with Gasteiger partial charge in [0.05, 0.1) is 11.0 Å². The van der Waals surface area contributed by atoms with Gasteiger partial charge in [-0.15, -0.1) is 0 Å². The molecule has 0 aliphatic heterocycles. The van der Waals surface area contributed by atoms with Crippen LogP contribution in [0.2, 0.25) is 5.02 Å². The van der Waals surface area contributed by atoms with Gasteiger partial charge < -0.3 is 10.3 Å². The Balaban J connectivity index is 2.42. The Labute approximate surface area is 107 Å². The molecule has 92 valence electrons. The highest BCUT2D eigenvalue weighted by atomic mass is 35.5. The maximum absolute atomic E-state index is 5.97. The van der Waals surface area contributed by atoms with Gasteiger partial charge in [-0.2, -0.15) is 0 Å². The molecular formula is C13H18ClN3. The Kier molecular flexibility index (Phi) is 3.57. The van der Waals surface area contributed by atoms with Crippen molar-refractivity contribution in [2.24, 2.45) is 5.92 Å². The van der Waals surface area contributed by atoms with Gasteiger partial charge in [-0.1, -0.05) is 38.3 Å². The normalized spacial score (nSPS) is 11.5. The van der Waals surface area contributed by atoms with E-state index in [2.05, 4.69) is 23.4 Å². The van der Waals surface area contributed by atoms with Crippen molar-refractivity contribution >= 4 is 28.6 Å². The number of nitrogens with zero attached hydrogens (tertiary/aromatic N) is 2. The minimum atomic E-state index is 0.578. The van der Waals surface area contributed by atoms with Crippen molar-refractivity contribution in [1.29, 1.82) is 0 Å². The number of rotatable bonds is 4. The summed E-state index contributed by atoms with van der Waals surface area (Å²) in [6.07, 6.45) is 2.31. The summed E-state index contributed by atoms with van der Waals surface area (Å²) in [7, 11) is 0. The van der Waals surface area contributed by atoms with Crippen LogP contribution in [0.3, 0.4) is 0 Å². The van der Waals surface area contributed by atoms with Crippen LogP contribution in [0.4, 0.5) is 5.95 Å². The predicted molar refractivity (Wildman–Crippen MR) is 73.2 cm³/mol. The molecule has 2 aromatic rings. The molecule has 4 heteroatoms. The molecule has 0 unspecified atom stereocenters. The SMILES string of the molecule is CCC(CC)Cn1c(N)nc2cc(Cl)ccc21. The highest BCUT2D eigenvalue weighted by Gasteiger charge is 2.12. The second-order valence-corrected chi connectivity index (χ2v) is 4.83. The van der Waals surface area contributed by atoms with E-state index in [9.17, 15) is 0 Å². The molecule has 1 aromatic heterocycles. The summed E-state index contributed by atoms with van der Waals surface area (Å²) in [5, 5.41) is 0.699. The fraction of sp³-hybridized carbons (Fsp3) is 0.462. The second kappa shape index (κ2) is 4.96. The fourth-order valence-corrected chi connectivity index (χ4v) is 2.28. The topological polar surface area (TPSA) is 43.8 Å². The first-order valence-corrected chi connectivity index (χ1v) is 6.44. The molecule has 17 heavy (non-hydrogen) atoms. The van der Waals surface area contributed by atoms with E-state index in [0.717, 1.165) is 30.4 Å². The number of nitrogens with two attached hydrogens (primary N) is 1. The average Bonchev–Trinajstić information content (AvgIpc) is 2.61. The molecule has 0 atom stereocenters. The zero-order valence-electron chi connectivity index (χ0n) is 10.3. The van der Waals surface area contributed by atoms with E-state index in [1.807, 2.05) is 18.2 Å². The number of anilines is 1. The molecule has 0 aliphatic rings. The molecule has 3 nitrogen and oxygen atoms in total. The molecule has 1 heterocycles. The summed E-state index contributed by atoms with van der Waals surface area (Å²) >= 11 is 5.95. The fourth-order valence-electron chi connectivity index (χ4n) is 2.12. The number of halogens is 1. The monoisotopic (exact) mass is 251 g/mol. The third-order valence-corrected chi connectivity index (χ3v) is 3.57. The van der Waals surface area contributed by atoms with Crippen molar-refractivity contribution in [3.05, 3.63) is 23.2 Å². The molecule has 0 bridgehead atoms. The number of hydrogen-bond acceptors (Lipinski definition) is 2. The molecule has 0 saturated heterocycles. The standard InChI is InChI=1S/C13H18ClN3/c1-3-9(4-2)8-17-12-6-5-10(14)7-11(12)16-13(17)15/h5-7,9H,3-4,8H2,1-2H3,(H2,15,16). The molecule has 0 amide bonds. The van der Waals surface area contributed by atoms with Gasteiger partial charge in [-0.05, 0) is 24.1 Å². The van der Waals surface area contributed by atoms with Crippen LogP contribution in [0.1, 0.15) is 26.7 Å². The number of fused-ring (bicyclic) bond motifs is 1.